The van der Waals surface area contributed by atoms with Gasteiger partial charge in [-0.2, -0.15) is 0 Å². The first-order chi connectivity index (χ1) is 6.85. The van der Waals surface area contributed by atoms with Crippen LogP contribution in [0.15, 0.2) is 0 Å². The lowest BCUT2D eigenvalue weighted by molar-refractivity contribution is 0.349. The van der Waals surface area contributed by atoms with Crippen LogP contribution in [0.5, 0.6) is 0 Å². The molecule has 1 saturated heterocycles. The van der Waals surface area contributed by atoms with Gasteiger partial charge in [0.25, 0.3) is 0 Å². The van der Waals surface area contributed by atoms with E-state index in [1.54, 1.807) is 0 Å². The number of nitrogens with one attached hydrogen (secondary N) is 1. The minimum Gasteiger partial charge on any atom is -0.329 e. The van der Waals surface area contributed by atoms with E-state index in [2.05, 4.69) is 17.1 Å². The fourth-order valence-electron chi connectivity index (χ4n) is 1.47. The average Bonchev–Trinajstić information content (AvgIpc) is 2.69. The summed E-state index contributed by atoms with van der Waals surface area (Å²) in [6, 6.07) is 0. The van der Waals surface area contributed by atoms with Gasteiger partial charge in [0.1, 0.15) is 0 Å². The topological polar surface area (TPSA) is 67.3 Å². The highest BCUT2D eigenvalue weighted by Gasteiger charge is 2.08. The highest BCUT2D eigenvalue weighted by Crippen LogP contribution is 2.04. The maximum Gasteiger partial charge on any atom is 0.0105 e. The van der Waals surface area contributed by atoms with Gasteiger partial charge in [0, 0.05) is 26.2 Å². The zero-order chi connectivity index (χ0) is 10.6. The Balaban J connectivity index is 0.000000255. The summed E-state index contributed by atoms with van der Waals surface area (Å²) in [6.45, 7) is 9.24. The van der Waals surface area contributed by atoms with Crippen molar-refractivity contribution in [2.75, 3.05) is 45.8 Å². The molecule has 4 heteroatoms. The molecule has 1 fully saturated rings. The fourth-order valence-corrected chi connectivity index (χ4v) is 1.47. The van der Waals surface area contributed by atoms with E-state index in [1.165, 1.54) is 25.9 Å². The molecule has 0 aromatic rings. The van der Waals surface area contributed by atoms with Crippen LogP contribution in [0.25, 0.3) is 0 Å². The number of hydrogen-bond donors (Lipinski definition) is 3. The van der Waals surface area contributed by atoms with E-state index in [9.17, 15) is 0 Å². The molecule has 0 saturated carbocycles. The molecule has 1 aliphatic heterocycles. The molecule has 0 spiro atoms. The van der Waals surface area contributed by atoms with Gasteiger partial charge in [0.2, 0.25) is 0 Å². The molecule has 0 radical (unpaired) electrons. The van der Waals surface area contributed by atoms with Crippen molar-refractivity contribution in [3.8, 4) is 0 Å². The van der Waals surface area contributed by atoms with Gasteiger partial charge in [-0.1, -0.05) is 6.92 Å². The number of hydrogen-bond acceptors (Lipinski definition) is 4. The fraction of sp³-hybridized carbons (Fsp3) is 1.00. The van der Waals surface area contributed by atoms with Crippen LogP contribution in [0, 0.1) is 0 Å². The smallest absolute Gasteiger partial charge is 0.0105 e. The Morgan fingerprint density at radius 1 is 1.14 bits per heavy atom. The van der Waals surface area contributed by atoms with Crippen molar-refractivity contribution in [1.29, 1.82) is 0 Å². The SMILES string of the molecule is CCNCCN.NCCN1CCCC1. The third-order valence-electron chi connectivity index (χ3n) is 2.22. The van der Waals surface area contributed by atoms with E-state index < -0.39 is 0 Å². The van der Waals surface area contributed by atoms with Crippen molar-refractivity contribution in [2.24, 2.45) is 11.5 Å². The van der Waals surface area contributed by atoms with E-state index in [4.69, 9.17) is 11.5 Å². The Labute approximate surface area is 88.0 Å². The molecule has 0 aromatic heterocycles. The predicted octanol–water partition coefficient (Wildman–Crippen LogP) is -0.404. The number of nitrogens with two attached hydrogens (primary N) is 2. The Hall–Kier alpha value is -0.160. The molecular weight excluding hydrogens is 176 g/mol. The van der Waals surface area contributed by atoms with Gasteiger partial charge in [0.05, 0.1) is 0 Å². The van der Waals surface area contributed by atoms with E-state index in [1.807, 2.05) is 0 Å². The van der Waals surface area contributed by atoms with Gasteiger partial charge in [0.15, 0.2) is 0 Å². The van der Waals surface area contributed by atoms with Gasteiger partial charge < -0.3 is 21.7 Å². The third-order valence-corrected chi connectivity index (χ3v) is 2.22. The molecule has 0 bridgehead atoms. The summed E-state index contributed by atoms with van der Waals surface area (Å²) in [6.07, 6.45) is 2.75. The van der Waals surface area contributed by atoms with Gasteiger partial charge >= 0.3 is 0 Å². The highest BCUT2D eigenvalue weighted by molar-refractivity contribution is 4.65. The Kier molecular flexibility index (Phi) is 10.8. The van der Waals surface area contributed by atoms with Gasteiger partial charge in [-0.15, -0.1) is 0 Å². The molecule has 0 atom stereocenters. The molecular formula is C10H26N4. The lowest BCUT2D eigenvalue weighted by Crippen LogP contribution is -2.26. The van der Waals surface area contributed by atoms with Crippen LogP contribution in [0.2, 0.25) is 0 Å². The second-order valence-corrected chi connectivity index (χ2v) is 3.48. The van der Waals surface area contributed by atoms with Gasteiger partial charge in [-0.05, 0) is 32.5 Å². The summed E-state index contributed by atoms with van der Waals surface area (Å²) >= 11 is 0. The van der Waals surface area contributed by atoms with E-state index in [0.29, 0.717) is 0 Å². The van der Waals surface area contributed by atoms with Crippen LogP contribution in [0.4, 0.5) is 0 Å². The molecule has 1 aliphatic rings. The minimum atomic E-state index is 0.744. The van der Waals surface area contributed by atoms with Crippen molar-refractivity contribution < 1.29 is 0 Å². The molecule has 0 aromatic carbocycles. The van der Waals surface area contributed by atoms with Crippen molar-refractivity contribution in [1.82, 2.24) is 10.2 Å². The van der Waals surface area contributed by atoms with E-state index >= 15 is 0 Å². The summed E-state index contributed by atoms with van der Waals surface area (Å²) in [5.74, 6) is 0. The van der Waals surface area contributed by atoms with E-state index in [-0.39, 0.29) is 0 Å². The van der Waals surface area contributed by atoms with Crippen LogP contribution in [-0.2, 0) is 0 Å². The third kappa shape index (κ3) is 8.44. The van der Waals surface area contributed by atoms with E-state index in [0.717, 1.165) is 32.7 Å². The Morgan fingerprint density at radius 2 is 1.79 bits per heavy atom. The number of likely N-dealkylation sites (tertiary alicyclic amines) is 1. The van der Waals surface area contributed by atoms with Crippen LogP contribution >= 0.6 is 0 Å². The molecule has 1 rings (SSSR count). The maximum atomic E-state index is 5.37. The lowest BCUT2D eigenvalue weighted by atomic mass is 10.4. The van der Waals surface area contributed by atoms with Gasteiger partial charge in [-0.3, -0.25) is 0 Å². The quantitative estimate of drug-likeness (QED) is 0.531. The number of nitrogens with zero attached hydrogens (tertiary/aromatic N) is 1. The van der Waals surface area contributed by atoms with Crippen LogP contribution in [0.1, 0.15) is 19.8 Å². The zero-order valence-corrected chi connectivity index (χ0v) is 9.47. The molecule has 1 heterocycles. The maximum absolute atomic E-state index is 5.37. The predicted molar refractivity (Wildman–Crippen MR) is 62.3 cm³/mol. The summed E-state index contributed by atoms with van der Waals surface area (Å²) in [4.78, 5) is 2.42. The van der Waals surface area contributed by atoms with Crippen LogP contribution in [-0.4, -0.2) is 50.7 Å². The first kappa shape index (κ1) is 13.8. The monoisotopic (exact) mass is 202 g/mol. The Morgan fingerprint density at radius 3 is 2.14 bits per heavy atom. The average molecular weight is 202 g/mol. The minimum absolute atomic E-state index is 0.744. The first-order valence-electron chi connectivity index (χ1n) is 5.68. The molecule has 0 amide bonds. The summed E-state index contributed by atoms with van der Waals surface area (Å²) in [7, 11) is 0. The number of likely N-dealkylation sites (N-methyl/N-ethyl adjacent to an activating group) is 1. The zero-order valence-electron chi connectivity index (χ0n) is 9.47. The molecule has 5 N–H and O–H groups in total. The molecule has 4 nitrogen and oxygen atoms in total. The van der Waals surface area contributed by atoms with Crippen molar-refractivity contribution in [2.45, 2.75) is 19.8 Å². The molecule has 14 heavy (non-hydrogen) atoms. The van der Waals surface area contributed by atoms with Gasteiger partial charge in [-0.25, -0.2) is 0 Å². The lowest BCUT2D eigenvalue weighted by Gasteiger charge is -2.11. The second kappa shape index (κ2) is 10.9. The molecule has 0 aliphatic carbocycles. The van der Waals surface area contributed by atoms with Crippen LogP contribution < -0.4 is 16.8 Å². The van der Waals surface area contributed by atoms with Crippen molar-refractivity contribution in [3.05, 3.63) is 0 Å². The summed E-state index contributed by atoms with van der Waals surface area (Å²) in [5.41, 5.74) is 10.5. The number of rotatable bonds is 5. The normalized spacial score (nSPS) is 16.5. The molecule has 0 unspecified atom stereocenters. The molecule has 86 valence electrons. The van der Waals surface area contributed by atoms with Crippen molar-refractivity contribution >= 4 is 0 Å². The van der Waals surface area contributed by atoms with Crippen molar-refractivity contribution in [3.63, 3.8) is 0 Å². The second-order valence-electron chi connectivity index (χ2n) is 3.48. The summed E-state index contributed by atoms with van der Waals surface area (Å²) in [5, 5.41) is 3.07. The largest absolute Gasteiger partial charge is 0.329 e. The first-order valence-corrected chi connectivity index (χ1v) is 5.68. The highest BCUT2D eigenvalue weighted by atomic mass is 15.1. The van der Waals surface area contributed by atoms with Crippen LogP contribution in [0.3, 0.4) is 0 Å². The standard InChI is InChI=1S/C6H14N2.C4H12N2/c7-3-6-8-4-1-2-5-8;1-2-6-4-3-5/h1-7H2;6H,2-5H2,1H3. The Bertz CT molecular complexity index is 98.3. The summed E-state index contributed by atoms with van der Waals surface area (Å²) < 4.78 is 0.